The normalized spacial score (nSPS) is 11.8. The van der Waals surface area contributed by atoms with Crippen LogP contribution in [0.3, 0.4) is 0 Å². The molecular weight excluding hydrogens is 485 g/mol. The molecule has 6 N–H and O–H groups in total. The highest BCUT2D eigenvalue weighted by molar-refractivity contribution is 5.92. The lowest BCUT2D eigenvalue weighted by Crippen LogP contribution is -2.48. The maximum Gasteiger partial charge on any atom is 0.452 e. The van der Waals surface area contributed by atoms with E-state index in [9.17, 15) is 32.3 Å². The molecule has 0 fully saturated rings. The minimum atomic E-state index is -5.19. The summed E-state index contributed by atoms with van der Waals surface area (Å²) in [5.41, 5.74) is 9.99. The smallest absolute Gasteiger partial charge is 0.444 e. The highest BCUT2D eigenvalue weighted by atomic mass is 19.4. The van der Waals surface area contributed by atoms with Gasteiger partial charge in [-0.3, -0.25) is 24.7 Å². The predicted octanol–water partition coefficient (Wildman–Crippen LogP) is 1.27. The number of hydrogen-bond acceptors (Lipinski definition) is 6. The third kappa shape index (κ3) is 9.12. The Bertz CT molecular complexity index is 1150. The molecule has 194 valence electrons. The molecule has 0 spiro atoms. The number of hydrogen-bond donors (Lipinski definition) is 4. The first-order valence-corrected chi connectivity index (χ1v) is 10.6. The van der Waals surface area contributed by atoms with Crippen LogP contribution in [0.5, 0.6) is 0 Å². The first-order chi connectivity index (χ1) is 17.0. The van der Waals surface area contributed by atoms with E-state index in [2.05, 4.69) is 10.3 Å². The Hall–Kier alpha value is -4.36. The van der Waals surface area contributed by atoms with Crippen LogP contribution in [0.2, 0.25) is 0 Å². The summed E-state index contributed by atoms with van der Waals surface area (Å²) in [5, 5.41) is 4.25. The Morgan fingerprint density at radius 1 is 1.08 bits per heavy atom. The van der Waals surface area contributed by atoms with Crippen molar-refractivity contribution in [3.8, 4) is 0 Å². The maximum absolute atomic E-state index is 12.9. The van der Waals surface area contributed by atoms with Crippen molar-refractivity contribution in [3.63, 3.8) is 0 Å². The van der Waals surface area contributed by atoms with Crippen molar-refractivity contribution >= 4 is 29.4 Å². The van der Waals surface area contributed by atoms with E-state index in [1.807, 2.05) is 5.32 Å². The van der Waals surface area contributed by atoms with Crippen LogP contribution in [0.25, 0.3) is 0 Å². The molecule has 1 unspecified atom stereocenters. The molecular formula is C22H25F3N6O5. The molecule has 2 rings (SSSR count). The van der Waals surface area contributed by atoms with Gasteiger partial charge in [-0.1, -0.05) is 30.3 Å². The summed E-state index contributed by atoms with van der Waals surface area (Å²) in [6, 6.07) is 9.49. The molecule has 11 nitrogen and oxygen atoms in total. The van der Waals surface area contributed by atoms with Crippen molar-refractivity contribution < 1.29 is 32.3 Å². The molecule has 14 heteroatoms. The van der Waals surface area contributed by atoms with Crippen LogP contribution in [0.1, 0.15) is 18.4 Å². The van der Waals surface area contributed by atoms with Gasteiger partial charge in [-0.2, -0.15) is 13.2 Å². The number of nitrogens with two attached hydrogens (primary N) is 2. The molecule has 0 saturated heterocycles. The summed E-state index contributed by atoms with van der Waals surface area (Å²) in [4.78, 5) is 52.3. The topological polar surface area (TPSA) is 171 Å². The monoisotopic (exact) mass is 510 g/mol. The fourth-order valence-corrected chi connectivity index (χ4v) is 2.99. The fraction of sp³-hybridized carbons (Fsp3) is 0.318. The summed E-state index contributed by atoms with van der Waals surface area (Å²) in [6.07, 6.45) is -5.31. The summed E-state index contributed by atoms with van der Waals surface area (Å²) in [7, 11) is 0. The van der Waals surface area contributed by atoms with Crippen LogP contribution < -0.4 is 27.7 Å². The zero-order chi connectivity index (χ0) is 26.7. The van der Waals surface area contributed by atoms with Crippen LogP contribution in [-0.2, 0) is 27.5 Å². The molecule has 1 aromatic carbocycles. The Morgan fingerprint density at radius 2 is 1.78 bits per heavy atom. The summed E-state index contributed by atoms with van der Waals surface area (Å²) < 4.78 is 44.7. The second-order valence-electron chi connectivity index (χ2n) is 7.47. The van der Waals surface area contributed by atoms with Gasteiger partial charge in [0.2, 0.25) is 5.91 Å². The second kappa shape index (κ2) is 12.9. The summed E-state index contributed by atoms with van der Waals surface area (Å²) in [5.74, 6) is -3.44. The van der Waals surface area contributed by atoms with Crippen molar-refractivity contribution in [1.82, 2.24) is 9.88 Å². The van der Waals surface area contributed by atoms with Crippen LogP contribution >= 0.6 is 0 Å². The van der Waals surface area contributed by atoms with Gasteiger partial charge in [0.15, 0.2) is 5.96 Å². The fourth-order valence-electron chi connectivity index (χ4n) is 2.99. The number of halogens is 3. The number of Topliss-reactive ketones (excluding diaryl/α,β-unsaturated/α-hetero) is 1. The van der Waals surface area contributed by atoms with E-state index in [1.54, 1.807) is 30.3 Å². The number of ether oxygens (including phenoxy) is 1. The van der Waals surface area contributed by atoms with Gasteiger partial charge in [-0.05, 0) is 30.5 Å². The number of guanidine groups is 1. The zero-order valence-electron chi connectivity index (χ0n) is 19.0. The van der Waals surface area contributed by atoms with Gasteiger partial charge < -0.3 is 26.1 Å². The SMILES string of the molecule is NC(N)=NCCCC(NC(=O)Cn1cccc(NC(=O)OCc2ccccc2)c1=O)C(=O)C(F)(F)F. The lowest BCUT2D eigenvalue weighted by Gasteiger charge is -2.19. The standard InChI is InChI=1S/C22H25F3N6O5/c23-22(24,25)18(33)15(8-4-10-28-20(26)27)29-17(32)12-31-11-5-9-16(19(31)34)30-21(35)36-13-14-6-2-1-3-7-14/h1-3,5-7,9,11,15H,4,8,10,12-13H2,(H,29,32)(H,30,35)(H4,26,27,28). The van der Waals surface area contributed by atoms with Gasteiger partial charge >= 0.3 is 12.3 Å². The number of carbonyl (C=O) groups is 3. The van der Waals surface area contributed by atoms with E-state index in [-0.39, 0.29) is 37.6 Å². The number of aromatic nitrogens is 1. The highest BCUT2D eigenvalue weighted by Gasteiger charge is 2.43. The zero-order valence-corrected chi connectivity index (χ0v) is 19.0. The molecule has 0 saturated carbocycles. The van der Waals surface area contributed by atoms with E-state index in [1.165, 1.54) is 18.3 Å². The third-order valence-corrected chi connectivity index (χ3v) is 4.66. The lowest BCUT2D eigenvalue weighted by molar-refractivity contribution is -0.174. The molecule has 1 heterocycles. The first kappa shape index (κ1) is 27.9. The van der Waals surface area contributed by atoms with Gasteiger partial charge in [0.1, 0.15) is 18.8 Å². The van der Waals surface area contributed by atoms with Crippen LogP contribution in [0, 0.1) is 0 Å². The Morgan fingerprint density at radius 3 is 2.42 bits per heavy atom. The van der Waals surface area contributed by atoms with Crippen LogP contribution in [0.4, 0.5) is 23.7 Å². The Labute approximate surface area is 203 Å². The third-order valence-electron chi connectivity index (χ3n) is 4.66. The maximum atomic E-state index is 12.9. The predicted molar refractivity (Wildman–Crippen MR) is 124 cm³/mol. The number of benzene rings is 1. The number of amides is 2. The second-order valence-corrected chi connectivity index (χ2v) is 7.47. The number of pyridine rings is 1. The minimum absolute atomic E-state index is 0.0187. The highest BCUT2D eigenvalue weighted by Crippen LogP contribution is 2.20. The van der Waals surface area contributed by atoms with Crippen molar-refractivity contribution in [2.75, 3.05) is 11.9 Å². The molecule has 1 atom stereocenters. The molecule has 0 aliphatic rings. The minimum Gasteiger partial charge on any atom is -0.444 e. The molecule has 0 radical (unpaired) electrons. The number of ketones is 1. The number of nitrogens with one attached hydrogen (secondary N) is 2. The average Bonchev–Trinajstić information content (AvgIpc) is 2.81. The summed E-state index contributed by atoms with van der Waals surface area (Å²) >= 11 is 0. The number of nitrogens with zero attached hydrogens (tertiary/aromatic N) is 2. The van der Waals surface area contributed by atoms with Crippen molar-refractivity contribution in [2.45, 2.75) is 38.2 Å². The van der Waals surface area contributed by atoms with E-state index in [4.69, 9.17) is 16.2 Å². The average molecular weight is 510 g/mol. The van der Waals surface area contributed by atoms with Crippen molar-refractivity contribution in [1.29, 1.82) is 0 Å². The largest absolute Gasteiger partial charge is 0.452 e. The molecule has 2 aromatic rings. The molecule has 36 heavy (non-hydrogen) atoms. The van der Waals surface area contributed by atoms with E-state index >= 15 is 0 Å². The van der Waals surface area contributed by atoms with E-state index < -0.39 is 42.1 Å². The number of carbonyl (C=O) groups excluding carboxylic acids is 3. The number of aliphatic imine (C=N–C) groups is 1. The van der Waals surface area contributed by atoms with Crippen LogP contribution in [0.15, 0.2) is 58.4 Å². The Kier molecular flexibility index (Phi) is 10.0. The first-order valence-electron chi connectivity index (χ1n) is 10.6. The van der Waals surface area contributed by atoms with Crippen LogP contribution in [-0.4, -0.2) is 47.1 Å². The number of anilines is 1. The molecule has 0 aliphatic carbocycles. The summed E-state index contributed by atoms with van der Waals surface area (Å²) in [6.45, 7) is -0.801. The van der Waals surface area contributed by atoms with E-state index in [0.29, 0.717) is 0 Å². The lowest BCUT2D eigenvalue weighted by atomic mass is 10.1. The number of alkyl halides is 3. The molecule has 0 bridgehead atoms. The van der Waals surface area contributed by atoms with E-state index in [0.717, 1.165) is 10.1 Å². The molecule has 2 amide bonds. The molecule has 1 aromatic heterocycles. The van der Waals surface area contributed by atoms with Gasteiger partial charge in [0.05, 0.1) is 6.04 Å². The Balaban J connectivity index is 2.02. The van der Waals surface area contributed by atoms with Crippen molar-refractivity contribution in [2.24, 2.45) is 16.5 Å². The van der Waals surface area contributed by atoms with Crippen molar-refractivity contribution in [3.05, 3.63) is 64.6 Å². The van der Waals surface area contributed by atoms with Gasteiger partial charge in [0, 0.05) is 12.7 Å². The van der Waals surface area contributed by atoms with Gasteiger partial charge in [-0.25, -0.2) is 4.79 Å². The van der Waals surface area contributed by atoms with Gasteiger partial charge in [0.25, 0.3) is 11.3 Å². The molecule has 0 aliphatic heterocycles. The quantitative estimate of drug-likeness (QED) is 0.200. The van der Waals surface area contributed by atoms with Gasteiger partial charge in [-0.15, -0.1) is 0 Å². The number of rotatable bonds is 11.